The molecule has 0 heterocycles. The van der Waals surface area contributed by atoms with Crippen molar-refractivity contribution in [2.45, 2.75) is 17.9 Å². The van der Waals surface area contributed by atoms with E-state index in [0.29, 0.717) is 5.75 Å². The third kappa shape index (κ3) is 4.96. The molecule has 6 heteroatoms. The van der Waals surface area contributed by atoms with Crippen molar-refractivity contribution in [3.8, 4) is 0 Å². The Morgan fingerprint density at radius 1 is 1.44 bits per heavy atom. The van der Waals surface area contributed by atoms with E-state index in [9.17, 15) is 12.8 Å². The van der Waals surface area contributed by atoms with Crippen molar-refractivity contribution in [2.75, 3.05) is 24.8 Å². The number of nitrogens with one attached hydrogen (secondary N) is 1. The average molecular weight is 291 g/mol. The lowest BCUT2D eigenvalue weighted by atomic mass is 10.1. The van der Waals surface area contributed by atoms with Crippen LogP contribution in [0.1, 0.15) is 18.5 Å². The number of hydrogen-bond acceptors (Lipinski definition) is 4. The Morgan fingerprint density at radius 2 is 2.11 bits per heavy atom. The molecule has 1 unspecified atom stereocenters. The van der Waals surface area contributed by atoms with Crippen molar-refractivity contribution >= 4 is 21.6 Å². The highest BCUT2D eigenvalue weighted by molar-refractivity contribution is 8.00. The van der Waals surface area contributed by atoms with Gasteiger partial charge in [0.1, 0.15) is 15.7 Å². The summed E-state index contributed by atoms with van der Waals surface area (Å²) in [6.07, 6.45) is 1.22. The van der Waals surface area contributed by atoms with Gasteiger partial charge in [0.15, 0.2) is 0 Å². The molecule has 18 heavy (non-hydrogen) atoms. The summed E-state index contributed by atoms with van der Waals surface area (Å²) >= 11 is 1.44. The number of thioether (sulfide) groups is 1. The Labute approximate surface area is 112 Å². The predicted octanol–water partition coefficient (Wildman–Crippen LogP) is 2.24. The molecule has 1 rings (SSSR count). The molecule has 102 valence electrons. The molecule has 0 aliphatic heterocycles. The summed E-state index contributed by atoms with van der Waals surface area (Å²) in [5, 5.41) is 3.06. The van der Waals surface area contributed by atoms with Crippen LogP contribution in [0.5, 0.6) is 0 Å². The first-order valence-corrected chi connectivity index (χ1v) is 8.65. The monoisotopic (exact) mass is 291 g/mol. The summed E-state index contributed by atoms with van der Waals surface area (Å²) in [6, 6.07) is 4.62. The Hall–Kier alpha value is -0.590. The van der Waals surface area contributed by atoms with Crippen molar-refractivity contribution in [3.63, 3.8) is 0 Å². The molecule has 0 saturated heterocycles. The second-order valence-electron chi connectivity index (χ2n) is 4.17. The van der Waals surface area contributed by atoms with E-state index in [4.69, 9.17) is 0 Å². The summed E-state index contributed by atoms with van der Waals surface area (Å²) in [4.78, 5) is 0.918. The van der Waals surface area contributed by atoms with E-state index in [2.05, 4.69) is 5.32 Å². The van der Waals surface area contributed by atoms with Gasteiger partial charge in [-0.1, -0.05) is 0 Å². The fraction of sp³-hybridized carbons (Fsp3) is 0.500. The van der Waals surface area contributed by atoms with Crippen LogP contribution < -0.4 is 5.32 Å². The molecule has 0 spiro atoms. The van der Waals surface area contributed by atoms with Gasteiger partial charge in [0.25, 0.3) is 0 Å². The van der Waals surface area contributed by atoms with E-state index in [-0.39, 0.29) is 17.6 Å². The highest BCUT2D eigenvalue weighted by Crippen LogP contribution is 2.28. The maximum absolute atomic E-state index is 13.2. The zero-order valence-electron chi connectivity index (χ0n) is 10.7. The van der Waals surface area contributed by atoms with Crippen LogP contribution in [0.3, 0.4) is 0 Å². The van der Waals surface area contributed by atoms with Gasteiger partial charge >= 0.3 is 0 Å². The minimum atomic E-state index is -2.95. The maximum atomic E-state index is 13.2. The van der Waals surface area contributed by atoms with Gasteiger partial charge in [-0.15, -0.1) is 11.8 Å². The standard InChI is InChI=1S/C12H18FNO2S2/c1-9(14-2)11-8-10(13)4-5-12(11)17-6-7-18(3,15)16/h4-5,8-9,14H,6-7H2,1-3H3. The third-order valence-electron chi connectivity index (χ3n) is 2.58. The minimum absolute atomic E-state index is 0.0291. The van der Waals surface area contributed by atoms with Gasteiger partial charge in [-0.2, -0.15) is 0 Å². The highest BCUT2D eigenvalue weighted by Gasteiger charge is 2.11. The first-order valence-electron chi connectivity index (χ1n) is 5.60. The summed E-state index contributed by atoms with van der Waals surface area (Å²) in [5.41, 5.74) is 0.857. The van der Waals surface area contributed by atoms with Gasteiger partial charge in [0.2, 0.25) is 0 Å². The number of halogens is 1. The van der Waals surface area contributed by atoms with Gasteiger partial charge in [-0.05, 0) is 37.7 Å². The minimum Gasteiger partial charge on any atom is -0.313 e. The Balaban J connectivity index is 2.81. The van der Waals surface area contributed by atoms with Crippen LogP contribution >= 0.6 is 11.8 Å². The molecule has 1 aromatic carbocycles. The summed E-state index contributed by atoms with van der Waals surface area (Å²) < 4.78 is 35.4. The molecule has 0 bridgehead atoms. The van der Waals surface area contributed by atoms with Crippen molar-refractivity contribution in [1.82, 2.24) is 5.32 Å². The third-order valence-corrected chi connectivity index (χ3v) is 4.88. The van der Waals surface area contributed by atoms with E-state index >= 15 is 0 Å². The number of sulfone groups is 1. The first-order chi connectivity index (χ1) is 8.33. The zero-order valence-corrected chi connectivity index (χ0v) is 12.4. The van der Waals surface area contributed by atoms with E-state index in [1.165, 1.54) is 30.2 Å². The molecule has 0 saturated carbocycles. The molecule has 1 N–H and O–H groups in total. The molecular formula is C12H18FNO2S2. The fourth-order valence-corrected chi connectivity index (χ4v) is 3.78. The van der Waals surface area contributed by atoms with Crippen molar-refractivity contribution in [3.05, 3.63) is 29.6 Å². The molecule has 0 aromatic heterocycles. The largest absolute Gasteiger partial charge is 0.313 e. The van der Waals surface area contributed by atoms with Crippen molar-refractivity contribution < 1.29 is 12.8 Å². The Morgan fingerprint density at radius 3 is 2.67 bits per heavy atom. The highest BCUT2D eigenvalue weighted by atomic mass is 32.2. The van der Waals surface area contributed by atoms with E-state index in [1.54, 1.807) is 13.1 Å². The van der Waals surface area contributed by atoms with Crippen LogP contribution in [0.25, 0.3) is 0 Å². The van der Waals surface area contributed by atoms with Crippen molar-refractivity contribution in [2.24, 2.45) is 0 Å². The summed E-state index contributed by atoms with van der Waals surface area (Å²) in [5.74, 6) is 0.329. The predicted molar refractivity (Wildman–Crippen MR) is 74.3 cm³/mol. The fourth-order valence-electron chi connectivity index (χ4n) is 1.45. The second kappa shape index (κ2) is 6.54. The van der Waals surface area contributed by atoms with E-state index in [1.807, 2.05) is 6.92 Å². The van der Waals surface area contributed by atoms with Crippen LogP contribution in [-0.4, -0.2) is 33.2 Å². The smallest absolute Gasteiger partial charge is 0.148 e. The first kappa shape index (κ1) is 15.5. The molecule has 0 aliphatic rings. The van der Waals surface area contributed by atoms with Crippen molar-refractivity contribution in [1.29, 1.82) is 0 Å². The molecular weight excluding hydrogens is 273 g/mol. The van der Waals surface area contributed by atoms with Crippen LogP contribution in [0, 0.1) is 5.82 Å². The molecule has 0 fully saturated rings. The lowest BCUT2D eigenvalue weighted by Gasteiger charge is -2.15. The normalized spacial score (nSPS) is 13.6. The van der Waals surface area contributed by atoms with Gasteiger partial charge in [0, 0.05) is 22.9 Å². The van der Waals surface area contributed by atoms with Gasteiger partial charge in [-0.25, -0.2) is 12.8 Å². The lowest BCUT2D eigenvalue weighted by molar-refractivity contribution is 0.600. The van der Waals surface area contributed by atoms with Crippen LogP contribution in [0.2, 0.25) is 0 Å². The maximum Gasteiger partial charge on any atom is 0.148 e. The van der Waals surface area contributed by atoms with Gasteiger partial charge in [0.05, 0.1) is 5.75 Å². The molecule has 0 amide bonds. The zero-order chi connectivity index (χ0) is 13.8. The number of benzene rings is 1. The number of hydrogen-bond donors (Lipinski definition) is 1. The molecule has 0 radical (unpaired) electrons. The summed E-state index contributed by atoms with van der Waals surface area (Å²) in [7, 11) is -1.15. The van der Waals surface area contributed by atoms with Gasteiger partial charge < -0.3 is 5.32 Å². The Bertz CT molecular complexity index is 503. The Kier molecular flexibility index (Phi) is 5.62. The molecule has 1 atom stereocenters. The molecule has 1 aromatic rings. The van der Waals surface area contributed by atoms with Crippen LogP contribution in [0.15, 0.2) is 23.1 Å². The number of rotatable bonds is 6. The van der Waals surface area contributed by atoms with E-state index < -0.39 is 9.84 Å². The molecule has 3 nitrogen and oxygen atoms in total. The second-order valence-corrected chi connectivity index (χ2v) is 7.57. The van der Waals surface area contributed by atoms with Crippen LogP contribution in [0.4, 0.5) is 4.39 Å². The average Bonchev–Trinajstić information content (AvgIpc) is 2.28. The quantitative estimate of drug-likeness (QED) is 0.817. The summed E-state index contributed by atoms with van der Waals surface area (Å²) in [6.45, 7) is 1.94. The topological polar surface area (TPSA) is 46.2 Å². The van der Waals surface area contributed by atoms with E-state index in [0.717, 1.165) is 10.5 Å². The molecule has 0 aliphatic carbocycles. The lowest BCUT2D eigenvalue weighted by Crippen LogP contribution is -2.14. The SMILES string of the molecule is CNC(C)c1cc(F)ccc1SCCS(C)(=O)=O. The van der Waals surface area contributed by atoms with Gasteiger partial charge in [-0.3, -0.25) is 0 Å². The van der Waals surface area contributed by atoms with Crippen LogP contribution in [-0.2, 0) is 9.84 Å².